The summed E-state index contributed by atoms with van der Waals surface area (Å²) in [5.74, 6) is 0. The van der Waals surface area contributed by atoms with Crippen molar-refractivity contribution in [3.63, 3.8) is 0 Å². The van der Waals surface area contributed by atoms with Crippen molar-refractivity contribution < 1.29 is 18.5 Å². The molecule has 0 saturated carbocycles. The molecule has 0 fully saturated rings. The van der Waals surface area contributed by atoms with Gasteiger partial charge in [-0.05, 0) is 12.8 Å². The van der Waals surface area contributed by atoms with E-state index in [0.29, 0.717) is 13.2 Å². The van der Waals surface area contributed by atoms with Gasteiger partial charge in [-0.1, -0.05) is 78.1 Å². The maximum absolute atomic E-state index is 11.6. The third-order valence-corrected chi connectivity index (χ3v) is 4.52. The monoisotopic (exact) mass is 364 g/mol. The van der Waals surface area contributed by atoms with Crippen LogP contribution < -0.4 is 0 Å². The molecule has 0 saturated heterocycles. The van der Waals surface area contributed by atoms with Gasteiger partial charge in [0.15, 0.2) is 0 Å². The second kappa shape index (κ2) is 18.7. The second-order valence-corrected chi connectivity index (χ2v) is 7.12. The first kappa shape index (κ1) is 25.6. The summed E-state index contributed by atoms with van der Waals surface area (Å²) in [6.45, 7) is 5.01. The molecule has 0 aliphatic carbocycles. The molecule has 0 aliphatic heterocycles. The van der Waals surface area contributed by atoms with Crippen LogP contribution in [0.15, 0.2) is 0 Å². The van der Waals surface area contributed by atoms with Gasteiger partial charge in [-0.3, -0.25) is 9.05 Å². The van der Waals surface area contributed by atoms with Gasteiger partial charge in [-0.25, -0.2) is 4.57 Å². The zero-order chi connectivity index (χ0) is 15.8. The van der Waals surface area contributed by atoms with Gasteiger partial charge >= 0.3 is 45.6 Å². The Hall–Kier alpha value is 1.37. The molecule has 0 aromatic carbocycles. The fraction of sp³-hybridized carbons (Fsp3) is 1.00. The van der Waals surface area contributed by atoms with Gasteiger partial charge in [0.2, 0.25) is 0 Å². The van der Waals surface area contributed by atoms with Gasteiger partial charge in [0, 0.05) is 0 Å². The third-order valence-electron chi connectivity index (χ3n) is 3.50. The molecular formula is C16H37CaO4P. The molecule has 0 atom stereocenters. The number of rotatable bonds is 16. The summed E-state index contributed by atoms with van der Waals surface area (Å²) in [4.78, 5) is 9.51. The summed E-state index contributed by atoms with van der Waals surface area (Å²) >= 11 is 0. The normalized spacial score (nSPS) is 11.4. The van der Waals surface area contributed by atoms with E-state index in [1.807, 2.05) is 0 Å². The van der Waals surface area contributed by atoms with E-state index in [4.69, 9.17) is 9.05 Å². The Morgan fingerprint density at radius 3 is 1.36 bits per heavy atom. The van der Waals surface area contributed by atoms with Gasteiger partial charge in [-0.15, -0.1) is 0 Å². The number of hydrogen-bond acceptors (Lipinski definition) is 3. The van der Waals surface area contributed by atoms with Crippen molar-refractivity contribution in [2.75, 3.05) is 13.2 Å². The van der Waals surface area contributed by atoms with Crippen LogP contribution in [0.2, 0.25) is 0 Å². The molecule has 0 bridgehead atoms. The van der Waals surface area contributed by atoms with Crippen molar-refractivity contribution in [1.29, 1.82) is 0 Å². The van der Waals surface area contributed by atoms with Crippen LogP contribution in [0.5, 0.6) is 0 Å². The van der Waals surface area contributed by atoms with Crippen molar-refractivity contribution in [2.45, 2.75) is 90.9 Å². The minimum atomic E-state index is -3.82. The molecule has 0 radical (unpaired) electrons. The molecule has 0 rings (SSSR count). The van der Waals surface area contributed by atoms with Crippen LogP contribution in [-0.2, 0) is 13.6 Å². The summed E-state index contributed by atoms with van der Waals surface area (Å²) in [6, 6.07) is 0. The molecule has 0 unspecified atom stereocenters. The van der Waals surface area contributed by atoms with E-state index in [-0.39, 0.29) is 37.7 Å². The standard InChI is InChI=1S/C16H35O4P.Ca.2H/c1-3-5-7-9-11-13-15-19-21(17,18)20-16-14-12-10-8-6-4-2;;;/h3-16H2,1-2H3,(H,17,18);;;. The maximum atomic E-state index is 11.6. The molecule has 22 heavy (non-hydrogen) atoms. The van der Waals surface area contributed by atoms with Crippen molar-refractivity contribution in [3.05, 3.63) is 0 Å². The van der Waals surface area contributed by atoms with Gasteiger partial charge in [-0.2, -0.15) is 0 Å². The van der Waals surface area contributed by atoms with Gasteiger partial charge in [0.25, 0.3) is 0 Å². The molecule has 0 heterocycles. The average molecular weight is 365 g/mol. The summed E-state index contributed by atoms with van der Waals surface area (Å²) in [7, 11) is -3.82. The molecule has 0 aromatic heterocycles. The van der Waals surface area contributed by atoms with Crippen molar-refractivity contribution in [1.82, 2.24) is 0 Å². The van der Waals surface area contributed by atoms with Crippen molar-refractivity contribution >= 4 is 45.6 Å². The quantitative estimate of drug-likeness (QED) is 0.240. The zero-order valence-electron chi connectivity index (χ0n) is 14.0. The summed E-state index contributed by atoms with van der Waals surface area (Å²) in [5, 5.41) is 0. The summed E-state index contributed by atoms with van der Waals surface area (Å²) in [5.41, 5.74) is 0. The average Bonchev–Trinajstić information content (AvgIpc) is 2.45. The first-order valence-corrected chi connectivity index (χ1v) is 10.2. The van der Waals surface area contributed by atoms with E-state index in [1.165, 1.54) is 51.4 Å². The minimum absolute atomic E-state index is 0. The van der Waals surface area contributed by atoms with E-state index in [9.17, 15) is 9.46 Å². The number of phosphoric acid groups is 1. The molecule has 0 aromatic rings. The number of hydrogen-bond donors (Lipinski definition) is 1. The van der Waals surface area contributed by atoms with Crippen LogP contribution in [0.4, 0.5) is 0 Å². The van der Waals surface area contributed by atoms with Crippen LogP contribution in [0.25, 0.3) is 0 Å². The van der Waals surface area contributed by atoms with Crippen LogP contribution in [0.3, 0.4) is 0 Å². The van der Waals surface area contributed by atoms with E-state index < -0.39 is 7.82 Å². The SMILES string of the molecule is CCCCCCCCOP(=O)(O)OCCCCCCCC.[CaH2]. The molecule has 6 heteroatoms. The Labute approximate surface area is 167 Å². The van der Waals surface area contributed by atoms with Gasteiger partial charge < -0.3 is 4.89 Å². The summed E-state index contributed by atoms with van der Waals surface area (Å²) < 4.78 is 21.5. The zero-order valence-corrected chi connectivity index (χ0v) is 14.9. The molecule has 1 N–H and O–H groups in total. The molecular weight excluding hydrogens is 327 g/mol. The first-order chi connectivity index (χ1) is 10.1. The van der Waals surface area contributed by atoms with Crippen molar-refractivity contribution in [2.24, 2.45) is 0 Å². The Balaban J connectivity index is 0. The fourth-order valence-electron chi connectivity index (χ4n) is 2.16. The molecule has 4 nitrogen and oxygen atoms in total. The van der Waals surface area contributed by atoms with E-state index >= 15 is 0 Å². The van der Waals surface area contributed by atoms with Crippen LogP contribution in [-0.4, -0.2) is 55.8 Å². The molecule has 0 aliphatic rings. The van der Waals surface area contributed by atoms with Crippen LogP contribution in [0, 0.1) is 0 Å². The Morgan fingerprint density at radius 2 is 1.00 bits per heavy atom. The van der Waals surface area contributed by atoms with Crippen LogP contribution in [0.1, 0.15) is 90.9 Å². The van der Waals surface area contributed by atoms with Gasteiger partial charge in [0.05, 0.1) is 13.2 Å². The fourth-order valence-corrected chi connectivity index (χ4v) is 2.96. The third kappa shape index (κ3) is 19.4. The predicted molar refractivity (Wildman–Crippen MR) is 97.0 cm³/mol. The summed E-state index contributed by atoms with van der Waals surface area (Å²) in [6.07, 6.45) is 13.6. The van der Waals surface area contributed by atoms with E-state index in [1.54, 1.807) is 0 Å². The van der Waals surface area contributed by atoms with Crippen LogP contribution >= 0.6 is 7.82 Å². The van der Waals surface area contributed by atoms with Crippen molar-refractivity contribution in [3.8, 4) is 0 Å². The van der Waals surface area contributed by atoms with E-state index in [0.717, 1.165) is 25.7 Å². The Bertz CT molecular complexity index is 243. The molecule has 132 valence electrons. The topological polar surface area (TPSA) is 55.8 Å². The van der Waals surface area contributed by atoms with Gasteiger partial charge in [0.1, 0.15) is 0 Å². The van der Waals surface area contributed by atoms with E-state index in [2.05, 4.69) is 13.8 Å². The number of phosphoric ester groups is 1. The molecule has 0 amide bonds. The number of unbranched alkanes of at least 4 members (excludes halogenated alkanes) is 10. The Morgan fingerprint density at radius 1 is 0.682 bits per heavy atom. The molecule has 0 spiro atoms. The predicted octanol–water partition coefficient (Wildman–Crippen LogP) is 4.92. The Kier molecular flexibility index (Phi) is 21.8. The second-order valence-electron chi connectivity index (χ2n) is 5.67. The first-order valence-electron chi connectivity index (χ1n) is 8.74.